The molecule has 2 rings (SSSR count). The number of nitrogens with zero attached hydrogens (tertiary/aromatic N) is 2. The number of nitrogens with one attached hydrogen (secondary N) is 3. The van der Waals surface area contributed by atoms with E-state index >= 15 is 0 Å². The number of nitro groups is 1. The van der Waals surface area contributed by atoms with E-state index in [0.29, 0.717) is 5.75 Å². The SMILES string of the molecule is COc1ccccc1C(=O)NNc1nc[nH]c(=O)c1[N+](=O)[O-]. The van der Waals surface area contributed by atoms with Crippen LogP contribution in [0, 0.1) is 10.1 Å². The highest BCUT2D eigenvalue weighted by molar-refractivity contribution is 5.97. The zero-order valence-corrected chi connectivity index (χ0v) is 11.3. The molecule has 0 saturated heterocycles. The van der Waals surface area contributed by atoms with Gasteiger partial charge in [0.25, 0.3) is 5.91 Å². The van der Waals surface area contributed by atoms with Gasteiger partial charge in [-0.05, 0) is 12.1 Å². The summed E-state index contributed by atoms with van der Waals surface area (Å²) in [4.78, 5) is 39.0. The fraction of sp³-hybridized carbons (Fsp3) is 0.0833. The van der Waals surface area contributed by atoms with Crippen LogP contribution in [0.1, 0.15) is 10.4 Å². The summed E-state index contributed by atoms with van der Waals surface area (Å²) < 4.78 is 5.03. The van der Waals surface area contributed by atoms with Crippen LogP contribution in [0.4, 0.5) is 11.5 Å². The van der Waals surface area contributed by atoms with Crippen LogP contribution in [0.15, 0.2) is 35.4 Å². The van der Waals surface area contributed by atoms with Crippen molar-refractivity contribution in [3.8, 4) is 5.75 Å². The van der Waals surface area contributed by atoms with Crippen molar-refractivity contribution in [2.24, 2.45) is 0 Å². The number of para-hydroxylation sites is 1. The molecule has 10 nitrogen and oxygen atoms in total. The molecule has 0 atom stereocenters. The molecule has 0 aliphatic carbocycles. The predicted molar refractivity (Wildman–Crippen MR) is 75.6 cm³/mol. The Morgan fingerprint density at radius 1 is 1.41 bits per heavy atom. The minimum atomic E-state index is -0.936. The number of aromatic amines is 1. The third-order valence-corrected chi connectivity index (χ3v) is 2.66. The molecule has 1 aromatic carbocycles. The summed E-state index contributed by atoms with van der Waals surface area (Å²) in [5, 5.41) is 10.8. The summed E-state index contributed by atoms with van der Waals surface area (Å²) in [7, 11) is 1.41. The molecule has 114 valence electrons. The number of carbonyl (C=O) groups excluding carboxylic acids is 1. The van der Waals surface area contributed by atoms with Crippen molar-refractivity contribution in [1.29, 1.82) is 0 Å². The molecule has 0 fully saturated rings. The number of benzene rings is 1. The topological polar surface area (TPSA) is 139 Å². The summed E-state index contributed by atoms with van der Waals surface area (Å²) in [6, 6.07) is 6.41. The average molecular weight is 305 g/mol. The van der Waals surface area contributed by atoms with Gasteiger partial charge < -0.3 is 9.72 Å². The molecular formula is C12H11N5O5. The van der Waals surface area contributed by atoms with E-state index in [1.54, 1.807) is 18.2 Å². The Morgan fingerprint density at radius 2 is 2.14 bits per heavy atom. The molecule has 2 aromatic rings. The van der Waals surface area contributed by atoms with E-state index in [9.17, 15) is 19.7 Å². The molecule has 10 heteroatoms. The number of aromatic nitrogens is 2. The zero-order chi connectivity index (χ0) is 16.1. The lowest BCUT2D eigenvalue weighted by Gasteiger charge is -2.10. The van der Waals surface area contributed by atoms with Crippen molar-refractivity contribution >= 4 is 17.4 Å². The summed E-state index contributed by atoms with van der Waals surface area (Å²) in [6.45, 7) is 0. The Labute approximate surface area is 123 Å². The number of rotatable bonds is 5. The van der Waals surface area contributed by atoms with E-state index in [0.717, 1.165) is 6.33 Å². The van der Waals surface area contributed by atoms with Gasteiger partial charge in [-0.2, -0.15) is 0 Å². The Bertz CT molecular complexity index is 772. The standard InChI is InChI=1S/C12H11N5O5/c1-22-8-5-3-2-4-7(8)11(18)16-15-10-9(17(20)21)12(19)14-6-13-10/h2-6H,1H3,(H,16,18)(H2,13,14,15,19). The summed E-state index contributed by atoms with van der Waals surface area (Å²) in [5.74, 6) is -0.652. The lowest BCUT2D eigenvalue weighted by Crippen LogP contribution is -2.31. The molecule has 0 aliphatic rings. The zero-order valence-electron chi connectivity index (χ0n) is 11.3. The summed E-state index contributed by atoms with van der Waals surface area (Å²) in [6.07, 6.45) is 0.979. The number of methoxy groups -OCH3 is 1. The second-order valence-corrected chi connectivity index (χ2v) is 3.97. The van der Waals surface area contributed by atoms with Crippen LogP contribution in [0.2, 0.25) is 0 Å². The number of hydrogen-bond donors (Lipinski definition) is 3. The smallest absolute Gasteiger partial charge is 0.377 e. The van der Waals surface area contributed by atoms with E-state index in [4.69, 9.17) is 4.74 Å². The quantitative estimate of drug-likeness (QED) is 0.538. The predicted octanol–water partition coefficient (Wildman–Crippen LogP) is 0.444. The van der Waals surface area contributed by atoms with Crippen LogP contribution in [0.5, 0.6) is 5.75 Å². The Morgan fingerprint density at radius 3 is 2.82 bits per heavy atom. The van der Waals surface area contributed by atoms with Gasteiger partial charge in [0.05, 0.1) is 23.9 Å². The maximum Gasteiger partial charge on any atom is 0.377 e. The average Bonchev–Trinajstić information content (AvgIpc) is 2.52. The van der Waals surface area contributed by atoms with Gasteiger partial charge in [0.1, 0.15) is 5.75 Å². The molecule has 0 bridgehead atoms. The van der Waals surface area contributed by atoms with Crippen molar-refractivity contribution in [3.05, 3.63) is 56.6 Å². The first kappa shape index (κ1) is 15.0. The van der Waals surface area contributed by atoms with Gasteiger partial charge >= 0.3 is 11.2 Å². The number of carbonyl (C=O) groups is 1. The van der Waals surface area contributed by atoms with E-state index in [2.05, 4.69) is 20.8 Å². The van der Waals surface area contributed by atoms with Gasteiger partial charge in [-0.15, -0.1) is 0 Å². The Hall–Kier alpha value is -3.43. The molecule has 1 heterocycles. The molecule has 0 aliphatic heterocycles. The summed E-state index contributed by atoms with van der Waals surface area (Å²) in [5.41, 5.74) is 2.95. The highest BCUT2D eigenvalue weighted by atomic mass is 16.6. The first-order valence-electron chi connectivity index (χ1n) is 5.96. The van der Waals surface area contributed by atoms with Gasteiger partial charge in [-0.1, -0.05) is 12.1 Å². The number of H-pyrrole nitrogens is 1. The first-order valence-corrected chi connectivity index (χ1v) is 5.96. The van der Waals surface area contributed by atoms with Crippen LogP contribution < -0.4 is 21.1 Å². The lowest BCUT2D eigenvalue weighted by atomic mass is 10.2. The molecule has 0 saturated carbocycles. The minimum absolute atomic E-state index is 0.213. The van der Waals surface area contributed by atoms with E-state index in [-0.39, 0.29) is 11.4 Å². The monoisotopic (exact) mass is 305 g/mol. The van der Waals surface area contributed by atoms with E-state index in [1.165, 1.54) is 13.2 Å². The van der Waals surface area contributed by atoms with Gasteiger partial charge in [-0.25, -0.2) is 4.98 Å². The Kier molecular flexibility index (Phi) is 4.32. The van der Waals surface area contributed by atoms with Crippen LogP contribution in [0.3, 0.4) is 0 Å². The normalized spacial score (nSPS) is 9.86. The second-order valence-electron chi connectivity index (χ2n) is 3.97. The lowest BCUT2D eigenvalue weighted by molar-refractivity contribution is -0.385. The fourth-order valence-corrected chi connectivity index (χ4v) is 1.67. The largest absolute Gasteiger partial charge is 0.496 e. The summed E-state index contributed by atoms with van der Waals surface area (Å²) >= 11 is 0. The van der Waals surface area contributed by atoms with Crippen molar-refractivity contribution in [3.63, 3.8) is 0 Å². The van der Waals surface area contributed by atoms with Crippen molar-refractivity contribution in [1.82, 2.24) is 15.4 Å². The van der Waals surface area contributed by atoms with Crippen LogP contribution >= 0.6 is 0 Å². The second kappa shape index (κ2) is 6.35. The van der Waals surface area contributed by atoms with E-state index < -0.39 is 22.1 Å². The molecular weight excluding hydrogens is 294 g/mol. The molecule has 0 radical (unpaired) electrons. The molecule has 1 amide bonds. The third-order valence-electron chi connectivity index (χ3n) is 2.66. The maximum atomic E-state index is 12.0. The fourth-order valence-electron chi connectivity index (χ4n) is 1.67. The van der Waals surface area contributed by atoms with Gasteiger partial charge in [0.2, 0.25) is 5.82 Å². The molecule has 0 spiro atoms. The minimum Gasteiger partial charge on any atom is -0.496 e. The third kappa shape index (κ3) is 3.00. The highest BCUT2D eigenvalue weighted by Gasteiger charge is 2.21. The van der Waals surface area contributed by atoms with Crippen molar-refractivity contribution < 1.29 is 14.5 Å². The van der Waals surface area contributed by atoms with E-state index in [1.807, 2.05) is 0 Å². The Balaban J connectivity index is 2.20. The number of hydrogen-bond acceptors (Lipinski definition) is 7. The number of ether oxygens (including phenoxy) is 1. The maximum absolute atomic E-state index is 12.0. The van der Waals surface area contributed by atoms with Gasteiger partial charge in [0.15, 0.2) is 0 Å². The molecule has 22 heavy (non-hydrogen) atoms. The van der Waals surface area contributed by atoms with Crippen LogP contribution in [0.25, 0.3) is 0 Å². The first-order chi connectivity index (χ1) is 10.5. The van der Waals surface area contributed by atoms with Gasteiger partial charge in [0, 0.05) is 0 Å². The molecule has 3 N–H and O–H groups in total. The van der Waals surface area contributed by atoms with Gasteiger partial charge in [-0.3, -0.25) is 30.6 Å². The van der Waals surface area contributed by atoms with Crippen LogP contribution in [-0.2, 0) is 0 Å². The highest BCUT2D eigenvalue weighted by Crippen LogP contribution is 2.17. The molecule has 1 aromatic heterocycles. The number of amides is 1. The number of hydrazine groups is 1. The van der Waals surface area contributed by atoms with Crippen molar-refractivity contribution in [2.45, 2.75) is 0 Å². The van der Waals surface area contributed by atoms with Crippen LogP contribution in [-0.4, -0.2) is 27.9 Å². The number of anilines is 1. The van der Waals surface area contributed by atoms with Crippen molar-refractivity contribution in [2.75, 3.05) is 12.5 Å². The molecule has 0 unspecified atom stereocenters.